The highest BCUT2D eigenvalue weighted by molar-refractivity contribution is 7.76. The maximum absolute atomic E-state index is 16.3. The zero-order chi connectivity index (χ0) is 39.4. The number of fused-ring (bicyclic) bond motifs is 2. The van der Waals surface area contributed by atoms with Crippen LogP contribution in [0.3, 0.4) is 0 Å². The van der Waals surface area contributed by atoms with Crippen molar-refractivity contribution in [3.63, 3.8) is 0 Å². The second kappa shape index (κ2) is 14.3. The van der Waals surface area contributed by atoms with Crippen LogP contribution in [0.5, 0.6) is 0 Å². The van der Waals surface area contributed by atoms with Crippen LogP contribution < -0.4 is 29.3 Å². The van der Waals surface area contributed by atoms with Gasteiger partial charge < -0.3 is 0 Å². The molecule has 3 aliphatic rings. The molecule has 1 unspecified atom stereocenters. The maximum Gasteiger partial charge on any atom is 0.301 e. The van der Waals surface area contributed by atoms with Gasteiger partial charge in [-0.2, -0.15) is 0 Å². The Balaban J connectivity index is 1.09. The average Bonchev–Trinajstić information content (AvgIpc) is 3.70. The van der Waals surface area contributed by atoms with Crippen LogP contribution in [0.1, 0.15) is 24.0 Å². The summed E-state index contributed by atoms with van der Waals surface area (Å²) in [5.41, 5.74) is 11.4. The molecule has 1 atom stereocenters. The van der Waals surface area contributed by atoms with E-state index in [9.17, 15) is 0 Å². The number of anilines is 7. The first-order chi connectivity index (χ1) is 28.4. The molecule has 2 aliphatic heterocycles. The number of hydrogen-bond donors (Lipinski definition) is 0. The van der Waals surface area contributed by atoms with Gasteiger partial charge in [0.1, 0.15) is 0 Å². The van der Waals surface area contributed by atoms with Crippen molar-refractivity contribution in [2.24, 2.45) is 0 Å². The lowest BCUT2D eigenvalue weighted by atomic mass is 9.97. The van der Waals surface area contributed by atoms with Crippen molar-refractivity contribution in [2.45, 2.75) is 26.7 Å². The molecule has 7 aromatic rings. The topological polar surface area (TPSA) is 47.1 Å². The van der Waals surface area contributed by atoms with E-state index in [2.05, 4.69) is 96.0 Å². The van der Waals surface area contributed by atoms with Crippen molar-refractivity contribution in [1.29, 1.82) is 0 Å². The van der Waals surface area contributed by atoms with Gasteiger partial charge in [-0.25, -0.2) is 0 Å². The van der Waals surface area contributed by atoms with Gasteiger partial charge in [-0.1, -0.05) is 103 Å². The van der Waals surface area contributed by atoms with E-state index in [-0.39, 0.29) is 0 Å². The first-order valence-electron chi connectivity index (χ1n) is 19.7. The normalized spacial score (nSPS) is 17.9. The van der Waals surface area contributed by atoms with E-state index in [1.54, 1.807) is 0 Å². The van der Waals surface area contributed by atoms with Crippen LogP contribution in [0.4, 0.5) is 39.8 Å². The number of aryl methyl sites for hydroxylation is 2. The van der Waals surface area contributed by atoms with Crippen LogP contribution in [0.2, 0.25) is 0 Å². The third kappa shape index (κ3) is 5.55. The molecule has 0 spiro atoms. The largest absolute Gasteiger partial charge is 0.301 e. The number of nitrogens with zero attached hydrogens (tertiary/aromatic N) is 4. The summed E-state index contributed by atoms with van der Waals surface area (Å²) >= 11 is 0. The van der Waals surface area contributed by atoms with Gasteiger partial charge in [-0.3, -0.25) is 27.8 Å². The molecule has 7 aromatic carbocycles. The third-order valence-electron chi connectivity index (χ3n) is 11.4. The number of benzene rings is 7. The summed E-state index contributed by atoms with van der Waals surface area (Å²) in [6.45, 7) is 4.20. The molecule has 0 N–H and O–H groups in total. The minimum Gasteiger partial charge on any atom is -0.273 e. The smallest absolute Gasteiger partial charge is 0.273 e. The Bertz CT molecular complexity index is 2790. The summed E-state index contributed by atoms with van der Waals surface area (Å²) in [5, 5.41) is 1.51. The van der Waals surface area contributed by atoms with E-state index in [4.69, 9.17) is 0 Å². The Labute approximate surface area is 340 Å². The molecule has 2 heterocycles. The van der Waals surface area contributed by atoms with Gasteiger partial charge in [-0.15, -0.1) is 0 Å². The summed E-state index contributed by atoms with van der Waals surface area (Å²) in [6, 6.07) is 59.0. The fraction of sp³-hybridized carbons (Fsp3) is 0.0800. The fourth-order valence-electron chi connectivity index (χ4n) is 8.82. The molecule has 0 aromatic heterocycles. The predicted octanol–water partition coefficient (Wildman–Crippen LogP) is 13.5. The highest BCUT2D eigenvalue weighted by Crippen LogP contribution is 2.71. The van der Waals surface area contributed by atoms with Crippen molar-refractivity contribution < 1.29 is 9.13 Å². The highest BCUT2D eigenvalue weighted by atomic mass is 31.2. The van der Waals surface area contributed by atoms with Gasteiger partial charge in [0, 0.05) is 22.8 Å². The average molecular weight is 793 g/mol. The summed E-state index contributed by atoms with van der Waals surface area (Å²) in [7, 11) is -7.01. The van der Waals surface area contributed by atoms with Gasteiger partial charge >= 0.3 is 14.9 Å². The lowest BCUT2D eigenvalue weighted by molar-refractivity contribution is 0.580. The molecule has 6 nitrogen and oxygen atoms in total. The van der Waals surface area contributed by atoms with Crippen LogP contribution in [0, 0.1) is 13.8 Å². The highest BCUT2D eigenvalue weighted by Gasteiger charge is 2.51. The Morgan fingerprint density at radius 2 is 0.793 bits per heavy atom. The SMILES string of the molecule is Cc1cc(P2(=O)N(C3=CC=CCC3)c3ccccc3N2c2ccccc2)ccc1-c1ccc(P2(=O)N(c3ccccc3)c3ccccc3N2c2ccccc2)cc1C. The molecule has 10 rings (SSSR count). The number of rotatable bonds is 7. The monoisotopic (exact) mass is 792 g/mol. The Morgan fingerprint density at radius 1 is 0.431 bits per heavy atom. The molecule has 0 radical (unpaired) electrons. The number of allylic oxidation sites excluding steroid dienone is 4. The second-order valence-electron chi connectivity index (χ2n) is 14.9. The van der Waals surface area contributed by atoms with Crippen molar-refractivity contribution >= 4 is 65.3 Å². The van der Waals surface area contributed by atoms with Crippen LogP contribution in [0.15, 0.2) is 200 Å². The summed E-state index contributed by atoms with van der Waals surface area (Å²) < 4.78 is 40.7. The Kier molecular flexibility index (Phi) is 8.86. The third-order valence-corrected chi connectivity index (χ3v) is 17.3. The van der Waals surface area contributed by atoms with E-state index >= 15 is 9.13 Å². The van der Waals surface area contributed by atoms with E-state index < -0.39 is 14.9 Å². The van der Waals surface area contributed by atoms with Crippen molar-refractivity contribution in [3.05, 3.63) is 211 Å². The van der Waals surface area contributed by atoms with Gasteiger partial charge in [0.25, 0.3) is 0 Å². The molecule has 0 bridgehead atoms. The van der Waals surface area contributed by atoms with E-state index in [1.807, 2.05) is 131 Å². The van der Waals surface area contributed by atoms with Gasteiger partial charge in [0.2, 0.25) is 0 Å². The molecule has 284 valence electrons. The van der Waals surface area contributed by atoms with E-state index in [0.29, 0.717) is 0 Å². The van der Waals surface area contributed by atoms with Gasteiger partial charge in [0.05, 0.1) is 33.4 Å². The molecule has 8 heteroatoms. The standard InChI is InChI=1S/C50H42N4O2P2/c1-37-35-43(57(55)51(39-19-7-3-8-20-39)47-27-15-16-28-48(47)52(57)40-21-9-4-10-22-40)31-33-45(37)46-34-32-44(36-38(46)2)58(56)53(41-23-11-5-12-24-41)49-29-17-18-30-50(49)54(58)42-25-13-6-14-26-42/h3-13,15-25,27-36H,14,26H2,1-2H3. The van der Waals surface area contributed by atoms with Gasteiger partial charge in [0.15, 0.2) is 0 Å². The first-order valence-corrected chi connectivity index (χ1v) is 23.0. The maximum atomic E-state index is 16.3. The minimum absolute atomic E-state index is 0.740. The summed E-state index contributed by atoms with van der Waals surface area (Å²) in [5.74, 6) is 0. The summed E-state index contributed by atoms with van der Waals surface area (Å²) in [4.78, 5) is 0. The minimum atomic E-state index is -3.53. The van der Waals surface area contributed by atoms with Crippen LogP contribution in [-0.2, 0) is 9.13 Å². The fourth-order valence-corrected chi connectivity index (χ4v) is 15.1. The van der Waals surface area contributed by atoms with E-state index in [0.717, 1.165) is 91.2 Å². The van der Waals surface area contributed by atoms with Gasteiger partial charge in [-0.05, 0) is 140 Å². The Morgan fingerprint density at radius 3 is 1.16 bits per heavy atom. The number of para-hydroxylation sites is 7. The second-order valence-corrected chi connectivity index (χ2v) is 19.8. The molecule has 58 heavy (non-hydrogen) atoms. The van der Waals surface area contributed by atoms with Crippen LogP contribution in [-0.4, -0.2) is 0 Å². The van der Waals surface area contributed by atoms with Crippen LogP contribution >= 0.6 is 14.9 Å². The molecular formula is C50H42N4O2P2. The van der Waals surface area contributed by atoms with Crippen molar-refractivity contribution in [2.75, 3.05) is 18.7 Å². The molecule has 0 saturated carbocycles. The lowest BCUT2D eigenvalue weighted by Gasteiger charge is -2.35. The zero-order valence-electron chi connectivity index (χ0n) is 32.4. The molecule has 0 saturated heterocycles. The Hall–Kier alpha value is -6.32. The van der Waals surface area contributed by atoms with E-state index in [1.165, 1.54) is 0 Å². The first kappa shape index (κ1) is 36.0. The molecular weight excluding hydrogens is 751 g/mol. The quantitative estimate of drug-likeness (QED) is 0.150. The lowest BCUT2D eigenvalue weighted by Crippen LogP contribution is -2.29. The number of hydrogen-bond acceptors (Lipinski definition) is 2. The van der Waals surface area contributed by atoms with Crippen LogP contribution in [0.25, 0.3) is 11.1 Å². The molecule has 0 amide bonds. The summed E-state index contributed by atoms with van der Waals surface area (Å²) in [6.07, 6.45) is 8.05. The molecule has 0 fully saturated rings. The molecule has 1 aliphatic carbocycles. The predicted molar refractivity (Wildman–Crippen MR) is 243 cm³/mol. The van der Waals surface area contributed by atoms with Crippen molar-refractivity contribution in [1.82, 2.24) is 0 Å². The van der Waals surface area contributed by atoms with Crippen molar-refractivity contribution in [3.8, 4) is 11.1 Å². The zero-order valence-corrected chi connectivity index (χ0v) is 34.2.